The molecule has 0 aromatic heterocycles. The van der Waals surface area contributed by atoms with Crippen molar-refractivity contribution in [2.24, 2.45) is 0 Å². The van der Waals surface area contributed by atoms with Gasteiger partial charge in [0.25, 0.3) is 15.9 Å². The molecule has 156 valence electrons. The standard InChI is InChI=1S/C24H26N2O3S/c1-17-14-15-21(18(2)16-17)19(3)25-24(27)22-12-8-9-13-23(22)26(4)30(28,29)20-10-6-5-7-11-20/h5-16,19H,1-4H3,(H,25,27)/t19-/m1/s1. The number of hydrogen-bond donors (Lipinski definition) is 1. The van der Waals surface area contributed by atoms with Crippen molar-refractivity contribution in [3.05, 3.63) is 95.1 Å². The van der Waals surface area contributed by atoms with E-state index in [2.05, 4.69) is 11.4 Å². The lowest BCUT2D eigenvalue weighted by molar-refractivity contribution is 0.0940. The second kappa shape index (κ2) is 8.71. The number of aryl methyl sites for hydroxylation is 2. The predicted octanol–water partition coefficient (Wildman–Crippen LogP) is 4.62. The van der Waals surface area contributed by atoms with Crippen LogP contribution in [0.2, 0.25) is 0 Å². The molecule has 0 bridgehead atoms. The largest absolute Gasteiger partial charge is 0.345 e. The highest BCUT2D eigenvalue weighted by molar-refractivity contribution is 7.92. The summed E-state index contributed by atoms with van der Waals surface area (Å²) in [5, 5.41) is 3.00. The molecule has 0 aliphatic carbocycles. The first-order chi connectivity index (χ1) is 14.2. The van der Waals surface area contributed by atoms with E-state index in [1.165, 1.54) is 19.2 Å². The summed E-state index contributed by atoms with van der Waals surface area (Å²) in [6.45, 7) is 5.96. The molecule has 0 saturated carbocycles. The molecular weight excluding hydrogens is 396 g/mol. The molecule has 0 unspecified atom stereocenters. The number of rotatable bonds is 6. The van der Waals surface area contributed by atoms with Crippen molar-refractivity contribution in [2.45, 2.75) is 31.7 Å². The van der Waals surface area contributed by atoms with Gasteiger partial charge in [-0.15, -0.1) is 0 Å². The molecule has 0 spiro atoms. The Bertz CT molecular complexity index is 1160. The second-order valence-electron chi connectivity index (χ2n) is 7.36. The van der Waals surface area contributed by atoms with Crippen LogP contribution in [0, 0.1) is 13.8 Å². The monoisotopic (exact) mass is 422 g/mol. The van der Waals surface area contributed by atoms with E-state index in [1.807, 2.05) is 32.9 Å². The van der Waals surface area contributed by atoms with Crippen LogP contribution in [0.15, 0.2) is 77.7 Å². The summed E-state index contributed by atoms with van der Waals surface area (Å²) < 4.78 is 27.2. The lowest BCUT2D eigenvalue weighted by atomic mass is 10.00. The van der Waals surface area contributed by atoms with Crippen LogP contribution in [0.1, 0.15) is 40.0 Å². The highest BCUT2D eigenvalue weighted by Crippen LogP contribution is 2.26. The molecule has 3 rings (SSSR count). The highest BCUT2D eigenvalue weighted by atomic mass is 32.2. The zero-order valence-corrected chi connectivity index (χ0v) is 18.4. The molecule has 6 heteroatoms. The number of nitrogens with one attached hydrogen (secondary N) is 1. The molecule has 0 fully saturated rings. The Kier molecular flexibility index (Phi) is 6.27. The van der Waals surface area contributed by atoms with Gasteiger partial charge in [-0.1, -0.05) is 54.1 Å². The van der Waals surface area contributed by atoms with Gasteiger partial charge in [0.1, 0.15) is 0 Å². The third-order valence-corrected chi connectivity index (χ3v) is 6.91. The minimum absolute atomic E-state index is 0.173. The molecule has 0 radical (unpaired) electrons. The number of para-hydroxylation sites is 1. The van der Waals surface area contributed by atoms with Crippen LogP contribution in [0.3, 0.4) is 0 Å². The molecular formula is C24H26N2O3S. The summed E-state index contributed by atoms with van der Waals surface area (Å²) >= 11 is 0. The molecule has 3 aromatic rings. The van der Waals surface area contributed by atoms with Crippen molar-refractivity contribution < 1.29 is 13.2 Å². The molecule has 0 saturated heterocycles. The van der Waals surface area contributed by atoms with Crippen LogP contribution < -0.4 is 9.62 Å². The van der Waals surface area contributed by atoms with Gasteiger partial charge in [0, 0.05) is 7.05 Å². The third-order valence-electron chi connectivity index (χ3n) is 5.13. The average Bonchev–Trinajstić information content (AvgIpc) is 2.73. The fourth-order valence-corrected chi connectivity index (χ4v) is 4.72. The summed E-state index contributed by atoms with van der Waals surface area (Å²) in [5.74, 6) is -0.326. The van der Waals surface area contributed by atoms with Crippen molar-refractivity contribution >= 4 is 21.6 Å². The minimum Gasteiger partial charge on any atom is -0.345 e. The lowest BCUT2D eigenvalue weighted by Gasteiger charge is -2.23. The highest BCUT2D eigenvalue weighted by Gasteiger charge is 2.25. The zero-order valence-electron chi connectivity index (χ0n) is 17.6. The Morgan fingerprint density at radius 2 is 1.57 bits per heavy atom. The van der Waals surface area contributed by atoms with E-state index in [1.54, 1.807) is 42.5 Å². The van der Waals surface area contributed by atoms with Crippen molar-refractivity contribution in [1.82, 2.24) is 5.32 Å². The summed E-state index contributed by atoms with van der Waals surface area (Å²) in [7, 11) is -2.33. The Hall–Kier alpha value is -3.12. The lowest BCUT2D eigenvalue weighted by Crippen LogP contribution is -2.32. The normalized spacial score (nSPS) is 12.3. The fraction of sp³-hybridized carbons (Fsp3) is 0.208. The predicted molar refractivity (Wildman–Crippen MR) is 120 cm³/mol. The third kappa shape index (κ3) is 4.39. The van der Waals surface area contributed by atoms with Gasteiger partial charge in [0.15, 0.2) is 0 Å². The maximum Gasteiger partial charge on any atom is 0.264 e. The van der Waals surface area contributed by atoms with Crippen LogP contribution in [0.25, 0.3) is 0 Å². The number of carbonyl (C=O) groups is 1. The van der Waals surface area contributed by atoms with Gasteiger partial charge < -0.3 is 5.32 Å². The Balaban J connectivity index is 1.90. The van der Waals surface area contributed by atoms with E-state index in [0.717, 1.165) is 21.0 Å². The number of amides is 1. The minimum atomic E-state index is -3.79. The van der Waals surface area contributed by atoms with E-state index in [4.69, 9.17) is 0 Å². The van der Waals surface area contributed by atoms with Gasteiger partial charge in [-0.05, 0) is 56.2 Å². The van der Waals surface area contributed by atoms with Gasteiger partial charge in [-0.25, -0.2) is 8.42 Å². The fourth-order valence-electron chi connectivity index (χ4n) is 3.48. The van der Waals surface area contributed by atoms with E-state index in [-0.39, 0.29) is 16.8 Å². The van der Waals surface area contributed by atoms with E-state index >= 15 is 0 Å². The number of anilines is 1. The van der Waals surface area contributed by atoms with Crippen LogP contribution in [-0.4, -0.2) is 21.4 Å². The maximum atomic E-state index is 13.1. The van der Waals surface area contributed by atoms with Crippen LogP contribution >= 0.6 is 0 Å². The van der Waals surface area contributed by atoms with Gasteiger partial charge in [0.05, 0.1) is 22.2 Å². The average molecular weight is 423 g/mol. The molecule has 3 aromatic carbocycles. The van der Waals surface area contributed by atoms with Crippen molar-refractivity contribution in [1.29, 1.82) is 0 Å². The van der Waals surface area contributed by atoms with Gasteiger partial charge in [-0.3, -0.25) is 9.10 Å². The molecule has 5 nitrogen and oxygen atoms in total. The molecule has 1 N–H and O–H groups in total. The summed E-state index contributed by atoms with van der Waals surface area (Å²) in [4.78, 5) is 13.2. The molecule has 30 heavy (non-hydrogen) atoms. The first-order valence-electron chi connectivity index (χ1n) is 9.73. The van der Waals surface area contributed by atoms with Crippen molar-refractivity contribution in [3.8, 4) is 0 Å². The quantitative estimate of drug-likeness (QED) is 0.630. The zero-order chi connectivity index (χ0) is 21.9. The van der Waals surface area contributed by atoms with Crippen LogP contribution in [0.5, 0.6) is 0 Å². The van der Waals surface area contributed by atoms with Gasteiger partial charge >= 0.3 is 0 Å². The first-order valence-corrected chi connectivity index (χ1v) is 11.2. The van der Waals surface area contributed by atoms with Crippen LogP contribution in [0.4, 0.5) is 5.69 Å². The second-order valence-corrected chi connectivity index (χ2v) is 9.33. The Labute approximate surface area is 178 Å². The van der Waals surface area contributed by atoms with Crippen molar-refractivity contribution in [2.75, 3.05) is 11.4 Å². The van der Waals surface area contributed by atoms with E-state index in [0.29, 0.717) is 11.3 Å². The number of benzene rings is 3. The molecule has 1 amide bonds. The molecule has 0 aliphatic heterocycles. The summed E-state index contributed by atoms with van der Waals surface area (Å²) in [5.41, 5.74) is 3.91. The first kappa shape index (κ1) is 21.6. The molecule has 0 aliphatic rings. The number of sulfonamides is 1. The van der Waals surface area contributed by atoms with Gasteiger partial charge in [0.2, 0.25) is 0 Å². The number of carbonyl (C=O) groups excluding carboxylic acids is 1. The molecule has 0 heterocycles. The van der Waals surface area contributed by atoms with E-state index < -0.39 is 10.0 Å². The smallest absolute Gasteiger partial charge is 0.264 e. The molecule has 1 atom stereocenters. The topological polar surface area (TPSA) is 66.5 Å². The van der Waals surface area contributed by atoms with E-state index in [9.17, 15) is 13.2 Å². The summed E-state index contributed by atoms with van der Waals surface area (Å²) in [6.07, 6.45) is 0. The Morgan fingerprint density at radius 3 is 2.23 bits per heavy atom. The summed E-state index contributed by atoms with van der Waals surface area (Å²) in [6, 6.07) is 20.8. The SMILES string of the molecule is Cc1ccc([C@@H](C)NC(=O)c2ccccc2N(C)S(=O)(=O)c2ccccc2)c(C)c1. The maximum absolute atomic E-state index is 13.1. The van der Waals surface area contributed by atoms with Gasteiger partial charge in [-0.2, -0.15) is 0 Å². The Morgan fingerprint density at radius 1 is 0.933 bits per heavy atom. The van der Waals surface area contributed by atoms with Crippen molar-refractivity contribution in [3.63, 3.8) is 0 Å². The van der Waals surface area contributed by atoms with Crippen LogP contribution in [-0.2, 0) is 10.0 Å². The number of nitrogens with zero attached hydrogens (tertiary/aromatic N) is 1. The number of hydrogen-bond acceptors (Lipinski definition) is 3.